The zero-order valence-corrected chi connectivity index (χ0v) is 10.6. The Balaban J connectivity index is 1.65. The van der Waals surface area contributed by atoms with Crippen LogP contribution in [0.4, 0.5) is 13.2 Å². The molecule has 0 spiro atoms. The van der Waals surface area contributed by atoms with Crippen molar-refractivity contribution in [2.75, 3.05) is 13.2 Å². The molecule has 7 heteroatoms. The van der Waals surface area contributed by atoms with E-state index in [2.05, 4.69) is 15.0 Å². The number of alkyl halides is 3. The lowest BCUT2D eigenvalue weighted by Crippen LogP contribution is -2.19. The molecule has 0 aliphatic heterocycles. The maximum absolute atomic E-state index is 11.9. The van der Waals surface area contributed by atoms with E-state index in [4.69, 9.17) is 0 Å². The van der Waals surface area contributed by atoms with E-state index in [1.807, 2.05) is 5.38 Å². The molecule has 1 heterocycles. The van der Waals surface area contributed by atoms with E-state index in [9.17, 15) is 13.2 Å². The molecule has 102 valence electrons. The summed E-state index contributed by atoms with van der Waals surface area (Å²) in [5.74, 6) is 0. The molecule has 0 unspecified atom stereocenters. The van der Waals surface area contributed by atoms with Crippen LogP contribution in [0.2, 0.25) is 0 Å². The first kappa shape index (κ1) is 13.8. The van der Waals surface area contributed by atoms with Crippen LogP contribution in [0.3, 0.4) is 0 Å². The molecule has 0 bridgehead atoms. The van der Waals surface area contributed by atoms with Gasteiger partial charge in [0.25, 0.3) is 0 Å². The zero-order valence-electron chi connectivity index (χ0n) is 9.79. The number of hydrogen-bond donors (Lipinski definition) is 1. The van der Waals surface area contributed by atoms with Gasteiger partial charge >= 0.3 is 6.18 Å². The summed E-state index contributed by atoms with van der Waals surface area (Å²) >= 11 is 1.34. The summed E-state index contributed by atoms with van der Waals surface area (Å²) in [6.45, 7) is -0.414. The number of nitrogens with zero attached hydrogens (tertiary/aromatic N) is 1. The number of halogens is 3. The van der Waals surface area contributed by atoms with Crippen molar-refractivity contribution in [1.82, 2.24) is 10.3 Å². The molecule has 0 saturated heterocycles. The van der Waals surface area contributed by atoms with E-state index in [0.29, 0.717) is 11.0 Å². The van der Waals surface area contributed by atoms with Crippen LogP contribution < -0.4 is 5.32 Å². The molecule has 1 aromatic heterocycles. The highest BCUT2D eigenvalue weighted by Gasteiger charge is 2.27. The Morgan fingerprint density at radius 1 is 1.44 bits per heavy atom. The molecule has 2 rings (SSSR count). The summed E-state index contributed by atoms with van der Waals surface area (Å²) in [4.78, 5) is 4.23. The second-order valence-electron chi connectivity index (χ2n) is 4.32. The van der Waals surface area contributed by atoms with E-state index < -0.39 is 12.8 Å². The first-order chi connectivity index (χ1) is 8.53. The minimum Gasteiger partial charge on any atom is -0.365 e. The van der Waals surface area contributed by atoms with E-state index in [1.165, 1.54) is 24.2 Å². The number of rotatable bonds is 7. The summed E-state index contributed by atoms with van der Waals surface area (Å²) in [5, 5.41) is 5.84. The fourth-order valence-corrected chi connectivity index (χ4v) is 2.24. The highest BCUT2D eigenvalue weighted by atomic mass is 32.1. The molecular formula is C11H15F3N2OS. The van der Waals surface area contributed by atoms with E-state index in [1.54, 1.807) is 0 Å². The van der Waals surface area contributed by atoms with E-state index in [-0.39, 0.29) is 6.61 Å². The number of aromatic nitrogens is 1. The normalized spacial score (nSPS) is 16.2. The van der Waals surface area contributed by atoms with Crippen LogP contribution in [-0.2, 0) is 17.8 Å². The highest BCUT2D eigenvalue weighted by molar-refractivity contribution is 7.09. The molecule has 1 N–H and O–H groups in total. The van der Waals surface area contributed by atoms with Gasteiger partial charge in [0.15, 0.2) is 0 Å². The molecule has 0 atom stereocenters. The largest absolute Gasteiger partial charge is 0.411 e. The Morgan fingerprint density at radius 3 is 2.89 bits per heavy atom. The molecule has 0 amide bonds. The van der Waals surface area contributed by atoms with Gasteiger partial charge in [-0.25, -0.2) is 4.98 Å². The Morgan fingerprint density at radius 2 is 2.22 bits per heavy atom. The van der Waals surface area contributed by atoms with E-state index >= 15 is 0 Å². The zero-order chi connectivity index (χ0) is 13.0. The fraction of sp³-hybridized carbons (Fsp3) is 0.727. The predicted octanol–water partition coefficient (Wildman–Crippen LogP) is 2.52. The van der Waals surface area contributed by atoms with Crippen LogP contribution in [0.5, 0.6) is 0 Å². The number of hydrogen-bond acceptors (Lipinski definition) is 4. The van der Waals surface area contributed by atoms with E-state index in [0.717, 1.165) is 18.7 Å². The summed E-state index contributed by atoms with van der Waals surface area (Å²) < 4.78 is 40.1. The average Bonchev–Trinajstić information content (AvgIpc) is 2.97. The second-order valence-corrected chi connectivity index (χ2v) is 5.26. The minimum atomic E-state index is -4.27. The van der Waals surface area contributed by atoms with Gasteiger partial charge in [-0.1, -0.05) is 0 Å². The van der Waals surface area contributed by atoms with Crippen molar-refractivity contribution in [1.29, 1.82) is 0 Å². The Bertz CT molecular complexity index is 377. The van der Waals surface area contributed by atoms with Crippen molar-refractivity contribution in [3.63, 3.8) is 0 Å². The monoisotopic (exact) mass is 280 g/mol. The van der Waals surface area contributed by atoms with Crippen LogP contribution in [-0.4, -0.2) is 30.4 Å². The number of nitrogens with one attached hydrogen (secondary N) is 1. The highest BCUT2D eigenvalue weighted by Crippen LogP contribution is 2.19. The maximum Gasteiger partial charge on any atom is 0.411 e. The molecule has 1 aliphatic carbocycles. The van der Waals surface area contributed by atoms with Gasteiger partial charge in [0.1, 0.15) is 11.6 Å². The number of ether oxygens (including phenoxy) is 1. The molecule has 1 aliphatic rings. The Kier molecular flexibility index (Phi) is 4.58. The van der Waals surface area contributed by atoms with Gasteiger partial charge in [-0.3, -0.25) is 0 Å². The molecule has 0 aromatic carbocycles. The van der Waals surface area contributed by atoms with Crippen LogP contribution in [0.25, 0.3) is 0 Å². The van der Waals surface area contributed by atoms with Crippen molar-refractivity contribution in [2.24, 2.45) is 0 Å². The van der Waals surface area contributed by atoms with Gasteiger partial charge in [0.2, 0.25) is 0 Å². The van der Waals surface area contributed by atoms with Crippen molar-refractivity contribution < 1.29 is 17.9 Å². The standard InChI is InChI=1S/C11H15F3N2OS/c12-11(13,14)7-17-5-10-16-9(6-18-10)3-4-15-8-1-2-8/h6,8,15H,1-5,7H2. The number of thiazole rings is 1. The SMILES string of the molecule is FC(F)(F)COCc1nc(CCNC2CC2)cs1. The first-order valence-corrected chi connectivity index (χ1v) is 6.72. The second kappa shape index (κ2) is 5.99. The summed E-state index contributed by atoms with van der Waals surface area (Å²) in [5.41, 5.74) is 0.916. The molecule has 1 aromatic rings. The third kappa shape index (κ3) is 5.32. The summed E-state index contributed by atoms with van der Waals surface area (Å²) in [6, 6.07) is 0.665. The van der Waals surface area contributed by atoms with Crippen molar-refractivity contribution in [3.05, 3.63) is 16.1 Å². The van der Waals surface area contributed by atoms with Gasteiger partial charge in [0, 0.05) is 24.4 Å². The molecule has 1 saturated carbocycles. The Labute approximate surface area is 107 Å². The maximum atomic E-state index is 11.9. The van der Waals surface area contributed by atoms with Crippen LogP contribution >= 0.6 is 11.3 Å². The molecule has 1 fully saturated rings. The smallest absolute Gasteiger partial charge is 0.365 e. The van der Waals surface area contributed by atoms with Gasteiger partial charge in [-0.05, 0) is 12.8 Å². The van der Waals surface area contributed by atoms with Gasteiger partial charge in [-0.15, -0.1) is 11.3 Å². The van der Waals surface area contributed by atoms with Crippen molar-refractivity contribution >= 4 is 11.3 Å². The third-order valence-electron chi connectivity index (χ3n) is 2.48. The van der Waals surface area contributed by atoms with Crippen LogP contribution in [0, 0.1) is 0 Å². The lowest BCUT2D eigenvalue weighted by molar-refractivity contribution is -0.176. The predicted molar refractivity (Wildman–Crippen MR) is 62.6 cm³/mol. The van der Waals surface area contributed by atoms with Crippen LogP contribution in [0.1, 0.15) is 23.5 Å². The molecule has 18 heavy (non-hydrogen) atoms. The molecule has 0 radical (unpaired) electrons. The van der Waals surface area contributed by atoms with Crippen molar-refractivity contribution in [2.45, 2.75) is 38.1 Å². The van der Waals surface area contributed by atoms with Gasteiger partial charge in [0.05, 0.1) is 12.3 Å². The fourth-order valence-electron chi connectivity index (χ4n) is 1.48. The lowest BCUT2D eigenvalue weighted by Gasteiger charge is -2.05. The summed E-state index contributed by atoms with van der Waals surface area (Å²) in [6.07, 6.45) is -0.970. The average molecular weight is 280 g/mol. The van der Waals surface area contributed by atoms with Crippen LogP contribution in [0.15, 0.2) is 5.38 Å². The lowest BCUT2D eigenvalue weighted by atomic mass is 10.3. The quantitative estimate of drug-likeness (QED) is 0.833. The van der Waals surface area contributed by atoms with Gasteiger partial charge < -0.3 is 10.1 Å². The topological polar surface area (TPSA) is 34.1 Å². The third-order valence-corrected chi connectivity index (χ3v) is 3.35. The molecule has 3 nitrogen and oxygen atoms in total. The van der Waals surface area contributed by atoms with Gasteiger partial charge in [-0.2, -0.15) is 13.2 Å². The first-order valence-electron chi connectivity index (χ1n) is 5.84. The molecular weight excluding hydrogens is 265 g/mol. The van der Waals surface area contributed by atoms with Crippen molar-refractivity contribution in [3.8, 4) is 0 Å². The summed E-state index contributed by atoms with van der Waals surface area (Å²) in [7, 11) is 0. The Hall–Kier alpha value is -0.660. The minimum absolute atomic E-state index is 0.0692.